The Labute approximate surface area is 93.8 Å². The summed E-state index contributed by atoms with van der Waals surface area (Å²) in [6, 6.07) is 0. The minimum atomic E-state index is -4.64. The Morgan fingerprint density at radius 3 is 1.43 bits per heavy atom. The molecule has 0 heterocycles. The molecule has 0 unspecified atom stereocenters. The first kappa shape index (κ1) is 19.8. The summed E-state index contributed by atoms with van der Waals surface area (Å²) in [7, 11) is 5.42. The molecule has 0 spiro atoms. The Kier molecular flexibility index (Phi) is 16.0. The molecule has 14 heavy (non-hydrogen) atoms. The second-order valence-electron chi connectivity index (χ2n) is 1.66. The highest BCUT2D eigenvalue weighted by molar-refractivity contribution is 8.38. The molecule has 0 aliphatic carbocycles. The zero-order chi connectivity index (χ0) is 12.4. The smallest absolute Gasteiger partial charge is 0.466 e. The molecule has 4 N–H and O–H groups in total. The zero-order valence-corrected chi connectivity index (χ0v) is 10.1. The Balaban J connectivity index is -0.000000138. The van der Waals surface area contributed by atoms with E-state index in [2.05, 4.69) is 27.9 Å². The molecule has 0 rings (SSSR count). The summed E-state index contributed by atoms with van der Waals surface area (Å²) >= 11 is 0. The molecular formula is C4H9Cl2O6PS. The molecule has 10 heteroatoms. The quantitative estimate of drug-likeness (QED) is 0.429. The number of hydrogen-bond donors (Lipinski definition) is 4. The minimum Gasteiger partial charge on any atom is -0.478 e. The van der Waals surface area contributed by atoms with E-state index >= 15 is 0 Å². The maximum atomic E-state index is 9.60. The molecule has 0 amide bonds. The van der Waals surface area contributed by atoms with E-state index in [1.54, 1.807) is 0 Å². The van der Waals surface area contributed by atoms with E-state index in [1.807, 2.05) is 0 Å². The largest absolute Gasteiger partial charge is 0.478 e. The highest BCUT2D eigenvalue weighted by Gasteiger charge is 2.00. The highest BCUT2D eigenvalue weighted by atomic mass is 36.0. The molecule has 86 valence electrons. The lowest BCUT2D eigenvalue weighted by molar-refractivity contribution is -0.132. The number of aliphatic carboxylic acids is 1. The third-order valence-corrected chi connectivity index (χ3v) is 0.365. The van der Waals surface area contributed by atoms with Crippen molar-refractivity contribution in [2.45, 2.75) is 6.92 Å². The third-order valence-electron chi connectivity index (χ3n) is 0.365. The third kappa shape index (κ3) is 85.8. The molecule has 0 aromatic rings. The van der Waals surface area contributed by atoms with Crippen molar-refractivity contribution in [2.24, 2.45) is 0 Å². The van der Waals surface area contributed by atoms with Crippen molar-refractivity contribution in [3.63, 3.8) is 0 Å². The summed E-state index contributed by atoms with van der Waals surface area (Å²) in [6.07, 6.45) is 0. The van der Waals surface area contributed by atoms with Crippen LogP contribution in [0.4, 0.5) is 0 Å². The van der Waals surface area contributed by atoms with Gasteiger partial charge < -0.3 is 19.8 Å². The Hall–Kier alpha value is 0.250. The first-order valence-corrected chi connectivity index (χ1v) is 6.66. The van der Waals surface area contributed by atoms with Gasteiger partial charge in [-0.05, 0) is 28.3 Å². The molecule has 0 aliphatic rings. The fourth-order valence-electron chi connectivity index (χ4n) is 0. The number of carboxylic acids is 1. The molecule has 6 nitrogen and oxygen atoms in total. The van der Waals surface area contributed by atoms with E-state index in [4.69, 9.17) is 24.4 Å². The molecule has 0 atom stereocenters. The van der Waals surface area contributed by atoms with Crippen molar-refractivity contribution in [3.05, 3.63) is 12.2 Å². The van der Waals surface area contributed by atoms with Gasteiger partial charge in [0.05, 0.1) is 10.2 Å². The van der Waals surface area contributed by atoms with E-state index in [-0.39, 0.29) is 5.57 Å². The number of phosphoric acid groups is 1. The van der Waals surface area contributed by atoms with Crippen LogP contribution in [0.15, 0.2) is 12.2 Å². The van der Waals surface area contributed by atoms with Crippen molar-refractivity contribution in [3.8, 4) is 0 Å². The molecule has 0 aliphatic heterocycles. The number of halogens is 2. The molecule has 0 bridgehead atoms. The fraction of sp³-hybridized carbons (Fsp3) is 0.250. The summed E-state index contributed by atoms with van der Waals surface area (Å²) in [5, 5.41) is 7.89. The van der Waals surface area contributed by atoms with E-state index in [9.17, 15) is 4.79 Å². The topological polar surface area (TPSA) is 115 Å². The molecule has 0 aromatic heterocycles. The Bertz CT molecular complexity index is 196. The lowest BCUT2D eigenvalue weighted by Gasteiger charge is -1.82. The summed E-state index contributed by atoms with van der Waals surface area (Å²) < 4.78 is 8.88. The van der Waals surface area contributed by atoms with Crippen molar-refractivity contribution in [1.82, 2.24) is 0 Å². The van der Waals surface area contributed by atoms with Gasteiger partial charge in [0, 0.05) is 5.57 Å². The zero-order valence-electron chi connectivity index (χ0n) is 6.92. The molecule has 0 saturated heterocycles. The van der Waals surface area contributed by atoms with Gasteiger partial charge in [-0.25, -0.2) is 9.36 Å². The van der Waals surface area contributed by atoms with Gasteiger partial charge in [0.15, 0.2) is 0 Å². The van der Waals surface area contributed by atoms with E-state index in [0.29, 0.717) is 10.2 Å². The maximum Gasteiger partial charge on any atom is 0.466 e. The fourth-order valence-corrected chi connectivity index (χ4v) is 0. The molecule has 0 aromatic carbocycles. The average Bonchev–Trinajstić information content (AvgIpc) is 1.84. The summed E-state index contributed by atoms with van der Waals surface area (Å²) in [4.78, 5) is 31.2. The van der Waals surface area contributed by atoms with Crippen LogP contribution < -0.4 is 0 Å². The second-order valence-corrected chi connectivity index (χ2v) is 4.20. The average molecular weight is 287 g/mol. The van der Waals surface area contributed by atoms with E-state index in [1.165, 1.54) is 6.92 Å². The first-order chi connectivity index (χ1) is 6.06. The SMILES string of the molecule is C=C(C)C(=O)O.ClSCl.O=P(O)(O)O. The summed E-state index contributed by atoms with van der Waals surface area (Å²) in [5.74, 6) is -0.935. The molecule has 0 fully saturated rings. The predicted octanol–water partition coefficient (Wildman–Crippen LogP) is 1.75. The summed E-state index contributed by atoms with van der Waals surface area (Å²) in [6.45, 7) is 4.60. The monoisotopic (exact) mass is 286 g/mol. The number of carboxylic acid groups (broad SMARTS) is 1. The minimum absolute atomic E-state index is 0.176. The van der Waals surface area contributed by atoms with Crippen LogP contribution >= 0.6 is 39.4 Å². The second kappa shape index (κ2) is 11.3. The van der Waals surface area contributed by atoms with Gasteiger partial charge in [-0.1, -0.05) is 6.58 Å². The van der Waals surface area contributed by atoms with Gasteiger partial charge in [-0.15, -0.1) is 0 Å². The normalized spacial score (nSPS) is 8.71. The summed E-state index contributed by atoms with van der Waals surface area (Å²) in [5.41, 5.74) is 0.176. The lowest BCUT2D eigenvalue weighted by Crippen LogP contribution is -1.92. The number of rotatable bonds is 1. The predicted molar refractivity (Wildman–Crippen MR) is 56.0 cm³/mol. The van der Waals surface area contributed by atoms with Gasteiger partial charge in [0.25, 0.3) is 0 Å². The van der Waals surface area contributed by atoms with Gasteiger partial charge in [-0.3, -0.25) is 0 Å². The van der Waals surface area contributed by atoms with Crippen LogP contribution in [0.5, 0.6) is 0 Å². The Morgan fingerprint density at radius 1 is 1.36 bits per heavy atom. The van der Waals surface area contributed by atoms with E-state index < -0.39 is 13.8 Å². The van der Waals surface area contributed by atoms with Crippen LogP contribution in [0.25, 0.3) is 0 Å². The van der Waals surface area contributed by atoms with Gasteiger partial charge in [-0.2, -0.15) is 0 Å². The highest BCUT2D eigenvalue weighted by Crippen LogP contribution is 2.25. The van der Waals surface area contributed by atoms with Crippen molar-refractivity contribution in [2.75, 3.05) is 0 Å². The maximum absolute atomic E-state index is 9.60. The van der Waals surface area contributed by atoms with Gasteiger partial charge >= 0.3 is 13.8 Å². The van der Waals surface area contributed by atoms with E-state index in [0.717, 1.165) is 0 Å². The standard InChI is InChI=1S/C4H6O2.Cl2S.H3O4P/c1-3(2)4(5)6;1-3-2;1-5(2,3)4/h1H2,2H3,(H,5,6);;(H3,1,2,3,4). The molecule has 0 saturated carbocycles. The van der Waals surface area contributed by atoms with Crippen LogP contribution in [0, 0.1) is 0 Å². The van der Waals surface area contributed by atoms with Gasteiger partial charge in [0.2, 0.25) is 0 Å². The molecule has 0 radical (unpaired) electrons. The number of hydrogen-bond acceptors (Lipinski definition) is 3. The van der Waals surface area contributed by atoms with Crippen LogP contribution in [0.1, 0.15) is 6.92 Å². The van der Waals surface area contributed by atoms with Crippen molar-refractivity contribution in [1.29, 1.82) is 0 Å². The molecular weight excluding hydrogens is 278 g/mol. The van der Waals surface area contributed by atoms with Crippen LogP contribution in [0.3, 0.4) is 0 Å². The van der Waals surface area contributed by atoms with Crippen LogP contribution in [-0.4, -0.2) is 25.8 Å². The van der Waals surface area contributed by atoms with Crippen molar-refractivity contribution < 1.29 is 29.1 Å². The van der Waals surface area contributed by atoms with Gasteiger partial charge in [0.1, 0.15) is 0 Å². The van der Waals surface area contributed by atoms with Crippen molar-refractivity contribution >= 4 is 45.3 Å². The lowest BCUT2D eigenvalue weighted by atomic mass is 10.4. The van der Waals surface area contributed by atoms with Crippen LogP contribution in [0.2, 0.25) is 0 Å². The number of carbonyl (C=O) groups is 1. The van der Waals surface area contributed by atoms with Crippen LogP contribution in [-0.2, 0) is 9.36 Å². The Morgan fingerprint density at radius 2 is 1.43 bits per heavy atom. The first-order valence-electron chi connectivity index (χ1n) is 2.62.